The van der Waals surface area contributed by atoms with Gasteiger partial charge in [0.2, 0.25) is 0 Å². The number of rotatable bonds is 10. The zero-order valence-corrected chi connectivity index (χ0v) is 10.1. The summed E-state index contributed by atoms with van der Waals surface area (Å²) in [6.45, 7) is 7.50. The van der Waals surface area contributed by atoms with Gasteiger partial charge in [0.05, 0.1) is 0 Å². The highest BCUT2D eigenvalue weighted by atomic mass is 13.9. The first-order chi connectivity index (χ1) is 7.41. The highest BCUT2D eigenvalue weighted by molar-refractivity contribution is 4.85. The summed E-state index contributed by atoms with van der Waals surface area (Å²) >= 11 is 0. The van der Waals surface area contributed by atoms with Gasteiger partial charge in [-0.05, 0) is 44.9 Å². The topological polar surface area (TPSA) is 0 Å². The number of hydrogen-bond acceptors (Lipinski definition) is 0. The molecule has 0 aliphatic rings. The summed E-state index contributed by atoms with van der Waals surface area (Å²) in [4.78, 5) is 0. The van der Waals surface area contributed by atoms with E-state index in [0.29, 0.717) is 0 Å². The van der Waals surface area contributed by atoms with Crippen molar-refractivity contribution in [2.24, 2.45) is 0 Å². The van der Waals surface area contributed by atoms with E-state index >= 15 is 0 Å². The van der Waals surface area contributed by atoms with E-state index in [1.165, 1.54) is 38.5 Å². The molecule has 0 saturated heterocycles. The summed E-state index contributed by atoms with van der Waals surface area (Å²) in [7, 11) is 0. The van der Waals surface area contributed by atoms with Crippen LogP contribution < -0.4 is 0 Å². The number of allylic oxidation sites excluding steroid dienone is 5. The van der Waals surface area contributed by atoms with Crippen LogP contribution in [0.3, 0.4) is 0 Å². The summed E-state index contributed by atoms with van der Waals surface area (Å²) in [6, 6.07) is 0. The van der Waals surface area contributed by atoms with Crippen molar-refractivity contribution in [3.05, 3.63) is 37.0 Å². The number of hydrogen-bond donors (Lipinski definition) is 0. The van der Waals surface area contributed by atoms with Crippen molar-refractivity contribution in [3.63, 3.8) is 0 Å². The molecule has 0 bridgehead atoms. The Morgan fingerprint density at radius 1 is 0.733 bits per heavy atom. The molecule has 0 N–H and O–H groups in total. The van der Waals surface area contributed by atoms with Crippen LogP contribution in [0.25, 0.3) is 0 Å². The van der Waals surface area contributed by atoms with E-state index in [1.54, 1.807) is 6.08 Å². The van der Waals surface area contributed by atoms with E-state index in [4.69, 9.17) is 6.58 Å². The standard InChI is InChI=1S/C15H25/c1-3-5-7-9-11-13-15-14-12-10-8-6-4-2/h1,3,8-11H,4-7,12-15H2,2H3. The first-order valence-corrected chi connectivity index (χ1v) is 6.25. The molecule has 0 atom stereocenters. The van der Waals surface area contributed by atoms with Gasteiger partial charge < -0.3 is 0 Å². The monoisotopic (exact) mass is 205 g/mol. The predicted molar refractivity (Wildman–Crippen MR) is 69.8 cm³/mol. The minimum absolute atomic E-state index is 0.996. The Morgan fingerprint density at radius 2 is 1.27 bits per heavy atom. The van der Waals surface area contributed by atoms with Gasteiger partial charge in [-0.3, -0.25) is 0 Å². The molecule has 0 amide bonds. The molecule has 0 aliphatic carbocycles. The Balaban J connectivity index is 3.10. The molecular formula is C15H25. The fraction of sp³-hybridized carbons (Fsp3) is 0.600. The van der Waals surface area contributed by atoms with Crippen molar-refractivity contribution in [3.8, 4) is 0 Å². The fourth-order valence-corrected chi connectivity index (χ4v) is 1.35. The maximum atomic E-state index is 5.28. The molecule has 0 heteroatoms. The molecule has 0 saturated carbocycles. The highest BCUT2D eigenvalue weighted by Crippen LogP contribution is 2.03. The first kappa shape index (κ1) is 14.2. The zero-order chi connectivity index (χ0) is 11.2. The smallest absolute Gasteiger partial charge is 0.0313 e. The van der Waals surface area contributed by atoms with E-state index in [1.807, 2.05) is 0 Å². The Bertz CT molecular complexity index is 174. The fourth-order valence-electron chi connectivity index (χ4n) is 1.35. The van der Waals surface area contributed by atoms with Crippen LogP contribution >= 0.6 is 0 Å². The SMILES string of the molecule is [CH]=CCCC=CCCCCC=CCCC. The molecular weight excluding hydrogens is 180 g/mol. The van der Waals surface area contributed by atoms with Gasteiger partial charge in [-0.1, -0.05) is 50.3 Å². The van der Waals surface area contributed by atoms with E-state index in [9.17, 15) is 0 Å². The summed E-state index contributed by atoms with van der Waals surface area (Å²) in [5.74, 6) is 0. The molecule has 85 valence electrons. The first-order valence-electron chi connectivity index (χ1n) is 6.25. The molecule has 0 heterocycles. The average Bonchev–Trinajstić information content (AvgIpc) is 2.26. The Labute approximate surface area is 95.8 Å². The predicted octanol–water partition coefficient (Wildman–Crippen LogP) is 5.23. The second-order valence-corrected chi connectivity index (χ2v) is 3.83. The molecule has 0 spiro atoms. The molecule has 0 nitrogen and oxygen atoms in total. The summed E-state index contributed by atoms with van der Waals surface area (Å²) in [6.07, 6.45) is 20.5. The molecule has 15 heavy (non-hydrogen) atoms. The van der Waals surface area contributed by atoms with E-state index in [0.717, 1.165) is 12.8 Å². The van der Waals surface area contributed by atoms with Gasteiger partial charge in [-0.15, -0.1) is 0 Å². The molecule has 0 aromatic carbocycles. The van der Waals surface area contributed by atoms with Crippen molar-refractivity contribution in [2.75, 3.05) is 0 Å². The molecule has 1 radical (unpaired) electrons. The van der Waals surface area contributed by atoms with Crippen LogP contribution in [0.2, 0.25) is 0 Å². The van der Waals surface area contributed by atoms with Gasteiger partial charge >= 0.3 is 0 Å². The van der Waals surface area contributed by atoms with Crippen LogP contribution in [0.5, 0.6) is 0 Å². The van der Waals surface area contributed by atoms with Crippen LogP contribution in [0, 0.1) is 6.58 Å². The van der Waals surface area contributed by atoms with Gasteiger partial charge in [0.15, 0.2) is 0 Å². The Hall–Kier alpha value is -0.780. The lowest BCUT2D eigenvalue weighted by Crippen LogP contribution is -1.73. The third kappa shape index (κ3) is 13.2. The van der Waals surface area contributed by atoms with Crippen molar-refractivity contribution >= 4 is 0 Å². The van der Waals surface area contributed by atoms with Gasteiger partial charge in [0.25, 0.3) is 0 Å². The summed E-state index contributed by atoms with van der Waals surface area (Å²) in [5.41, 5.74) is 0. The molecule has 0 aromatic rings. The average molecular weight is 205 g/mol. The van der Waals surface area contributed by atoms with Crippen LogP contribution in [0.1, 0.15) is 58.3 Å². The quantitative estimate of drug-likeness (QED) is 0.338. The molecule has 0 aromatic heterocycles. The molecule has 0 aliphatic heterocycles. The molecule has 0 rings (SSSR count). The summed E-state index contributed by atoms with van der Waals surface area (Å²) < 4.78 is 0. The van der Waals surface area contributed by atoms with Crippen LogP contribution in [-0.4, -0.2) is 0 Å². The maximum Gasteiger partial charge on any atom is -0.0313 e. The van der Waals surface area contributed by atoms with Crippen molar-refractivity contribution < 1.29 is 0 Å². The minimum Gasteiger partial charge on any atom is -0.0885 e. The minimum atomic E-state index is 0.996. The lowest BCUT2D eigenvalue weighted by Gasteiger charge is -1.93. The van der Waals surface area contributed by atoms with E-state index in [-0.39, 0.29) is 0 Å². The normalized spacial score (nSPS) is 11.5. The van der Waals surface area contributed by atoms with Crippen LogP contribution in [0.4, 0.5) is 0 Å². The number of unbranched alkanes of at least 4 members (excludes halogenated alkanes) is 5. The molecule has 0 fully saturated rings. The third-order valence-corrected chi connectivity index (χ3v) is 2.28. The van der Waals surface area contributed by atoms with Crippen LogP contribution in [-0.2, 0) is 0 Å². The van der Waals surface area contributed by atoms with Crippen molar-refractivity contribution in [2.45, 2.75) is 58.3 Å². The Kier molecular flexibility index (Phi) is 12.5. The van der Waals surface area contributed by atoms with Crippen LogP contribution in [0.15, 0.2) is 30.4 Å². The van der Waals surface area contributed by atoms with E-state index in [2.05, 4.69) is 31.2 Å². The maximum absolute atomic E-state index is 5.28. The second kappa shape index (κ2) is 13.2. The van der Waals surface area contributed by atoms with Gasteiger partial charge in [-0.25, -0.2) is 0 Å². The van der Waals surface area contributed by atoms with Crippen molar-refractivity contribution in [1.82, 2.24) is 0 Å². The highest BCUT2D eigenvalue weighted by Gasteiger charge is 1.83. The lowest BCUT2D eigenvalue weighted by molar-refractivity contribution is 0.758. The molecule has 0 unspecified atom stereocenters. The van der Waals surface area contributed by atoms with Gasteiger partial charge in [0.1, 0.15) is 0 Å². The third-order valence-electron chi connectivity index (χ3n) is 2.28. The van der Waals surface area contributed by atoms with E-state index < -0.39 is 0 Å². The van der Waals surface area contributed by atoms with Gasteiger partial charge in [-0.2, -0.15) is 0 Å². The second-order valence-electron chi connectivity index (χ2n) is 3.83. The Morgan fingerprint density at radius 3 is 1.80 bits per heavy atom. The lowest BCUT2D eigenvalue weighted by atomic mass is 10.1. The zero-order valence-electron chi connectivity index (χ0n) is 10.1. The van der Waals surface area contributed by atoms with Crippen molar-refractivity contribution in [1.29, 1.82) is 0 Å². The summed E-state index contributed by atoms with van der Waals surface area (Å²) in [5, 5.41) is 0. The largest absolute Gasteiger partial charge is 0.0885 e. The van der Waals surface area contributed by atoms with Gasteiger partial charge in [0, 0.05) is 0 Å².